The molecule has 3 aromatic rings. The molecule has 2 amide bonds. The Hall–Kier alpha value is -3.61. The van der Waals surface area contributed by atoms with Gasteiger partial charge in [-0.1, -0.05) is 36.4 Å². The monoisotopic (exact) mass is 430 g/mol. The van der Waals surface area contributed by atoms with Gasteiger partial charge in [0.1, 0.15) is 6.10 Å². The van der Waals surface area contributed by atoms with Crippen LogP contribution in [-0.4, -0.2) is 41.0 Å². The number of benzene rings is 2. The molecular formula is C25H26N4O3. The van der Waals surface area contributed by atoms with Crippen LogP contribution in [0.5, 0.6) is 0 Å². The van der Waals surface area contributed by atoms with Gasteiger partial charge in [0.25, 0.3) is 0 Å². The van der Waals surface area contributed by atoms with Crippen LogP contribution >= 0.6 is 0 Å². The highest BCUT2D eigenvalue weighted by atomic mass is 16.6. The number of carbonyl (C=O) groups excluding carboxylic acids is 2. The van der Waals surface area contributed by atoms with Crippen LogP contribution in [-0.2, 0) is 28.9 Å². The van der Waals surface area contributed by atoms with Crippen LogP contribution in [0.2, 0.25) is 0 Å². The fourth-order valence-electron chi connectivity index (χ4n) is 4.55. The van der Waals surface area contributed by atoms with Gasteiger partial charge < -0.3 is 10.1 Å². The normalized spacial score (nSPS) is 17.3. The van der Waals surface area contributed by atoms with E-state index in [4.69, 9.17) is 4.74 Å². The fraction of sp³-hybridized carbons (Fsp3) is 0.320. The van der Waals surface area contributed by atoms with Crippen LogP contribution in [0, 0.1) is 0 Å². The summed E-state index contributed by atoms with van der Waals surface area (Å²) in [5.41, 5.74) is 6.87. The number of hydrogen-bond acceptors (Lipinski definition) is 4. The quantitative estimate of drug-likeness (QED) is 0.672. The fourth-order valence-corrected chi connectivity index (χ4v) is 4.55. The van der Waals surface area contributed by atoms with Crippen molar-refractivity contribution in [3.8, 4) is 11.3 Å². The van der Waals surface area contributed by atoms with E-state index in [2.05, 4.69) is 39.4 Å². The van der Waals surface area contributed by atoms with Gasteiger partial charge in [-0.3, -0.25) is 14.4 Å². The number of fused-ring (bicyclic) bond motifs is 3. The second-order valence-corrected chi connectivity index (χ2v) is 8.41. The van der Waals surface area contributed by atoms with Crippen LogP contribution < -0.4 is 10.2 Å². The summed E-state index contributed by atoms with van der Waals surface area (Å²) in [5, 5.41) is 7.41. The summed E-state index contributed by atoms with van der Waals surface area (Å²) in [7, 11) is 0. The van der Waals surface area contributed by atoms with Gasteiger partial charge in [0.05, 0.1) is 31.5 Å². The van der Waals surface area contributed by atoms with E-state index in [0.717, 1.165) is 31.5 Å². The first-order chi connectivity index (χ1) is 15.6. The zero-order chi connectivity index (χ0) is 22.1. The third-order valence-electron chi connectivity index (χ3n) is 6.09. The molecule has 32 heavy (non-hydrogen) atoms. The highest BCUT2D eigenvalue weighted by Crippen LogP contribution is 2.36. The molecule has 1 fully saturated rings. The van der Waals surface area contributed by atoms with Crippen molar-refractivity contribution in [1.82, 2.24) is 15.1 Å². The number of carbonyl (C=O) groups is 2. The van der Waals surface area contributed by atoms with E-state index in [1.54, 1.807) is 4.90 Å². The number of aryl methyl sites for hydroxylation is 2. The smallest absolute Gasteiger partial charge is 0.414 e. The molecule has 1 atom stereocenters. The van der Waals surface area contributed by atoms with Crippen LogP contribution in [0.3, 0.4) is 0 Å². The highest BCUT2D eigenvalue weighted by Gasteiger charge is 2.33. The largest absolute Gasteiger partial charge is 0.442 e. The molecule has 1 aliphatic carbocycles. The van der Waals surface area contributed by atoms with Gasteiger partial charge in [0.2, 0.25) is 5.91 Å². The third kappa shape index (κ3) is 3.98. The molecule has 0 saturated carbocycles. The number of aromatic nitrogens is 2. The van der Waals surface area contributed by atoms with Crippen molar-refractivity contribution in [3.05, 3.63) is 71.4 Å². The van der Waals surface area contributed by atoms with Crippen LogP contribution in [0.15, 0.2) is 54.7 Å². The topological polar surface area (TPSA) is 76.5 Å². The molecule has 1 unspecified atom stereocenters. The first-order valence-corrected chi connectivity index (χ1v) is 11.0. The van der Waals surface area contributed by atoms with E-state index < -0.39 is 0 Å². The van der Waals surface area contributed by atoms with Crippen molar-refractivity contribution in [2.75, 3.05) is 18.0 Å². The van der Waals surface area contributed by atoms with E-state index in [9.17, 15) is 9.59 Å². The Kier molecular flexibility index (Phi) is 5.39. The lowest BCUT2D eigenvalue weighted by Gasteiger charge is -2.17. The van der Waals surface area contributed by atoms with Crippen molar-refractivity contribution in [3.63, 3.8) is 0 Å². The van der Waals surface area contributed by atoms with E-state index in [-0.39, 0.29) is 18.1 Å². The van der Waals surface area contributed by atoms with E-state index in [1.807, 2.05) is 30.5 Å². The summed E-state index contributed by atoms with van der Waals surface area (Å²) < 4.78 is 7.52. The molecule has 1 N–H and O–H groups in total. The lowest BCUT2D eigenvalue weighted by molar-refractivity contribution is -0.119. The Labute approximate surface area is 187 Å². The molecule has 2 heterocycles. The van der Waals surface area contributed by atoms with Gasteiger partial charge in [-0.15, -0.1) is 0 Å². The van der Waals surface area contributed by atoms with Crippen molar-refractivity contribution in [2.24, 2.45) is 0 Å². The maximum absolute atomic E-state index is 12.5. The number of ether oxygens (including phenoxy) is 1. The first kappa shape index (κ1) is 20.3. The zero-order valence-electron chi connectivity index (χ0n) is 18.1. The second kappa shape index (κ2) is 8.49. The first-order valence-electron chi connectivity index (χ1n) is 11.0. The Morgan fingerprint density at radius 1 is 1.16 bits per heavy atom. The van der Waals surface area contributed by atoms with Gasteiger partial charge >= 0.3 is 6.09 Å². The zero-order valence-corrected chi connectivity index (χ0v) is 18.1. The summed E-state index contributed by atoms with van der Waals surface area (Å²) in [5.74, 6) is -0.132. The molecule has 0 bridgehead atoms. The molecule has 2 aromatic carbocycles. The van der Waals surface area contributed by atoms with Crippen molar-refractivity contribution in [1.29, 1.82) is 0 Å². The number of cyclic esters (lactones) is 1. The highest BCUT2D eigenvalue weighted by molar-refractivity contribution is 5.90. The molecular weight excluding hydrogens is 404 g/mol. The summed E-state index contributed by atoms with van der Waals surface area (Å²) in [6, 6.07) is 16.5. The number of rotatable bonds is 5. The minimum absolute atomic E-state index is 0.132. The Morgan fingerprint density at radius 2 is 1.97 bits per heavy atom. The Morgan fingerprint density at radius 3 is 2.78 bits per heavy atom. The lowest BCUT2D eigenvalue weighted by Crippen LogP contribution is -2.33. The SMILES string of the molecule is CC(=O)NCC1CN(c2ccc3c(c2)CCCc2cnn(Cc4ccccc4)c2-3)C(=O)O1. The molecule has 1 aliphatic heterocycles. The average molecular weight is 431 g/mol. The van der Waals surface area contributed by atoms with Gasteiger partial charge in [0.15, 0.2) is 0 Å². The minimum atomic E-state index is -0.372. The Bertz CT molecular complexity index is 1160. The van der Waals surface area contributed by atoms with Gasteiger partial charge in [-0.25, -0.2) is 4.79 Å². The molecule has 7 heteroatoms. The molecule has 2 aliphatic rings. The second-order valence-electron chi connectivity index (χ2n) is 8.41. The number of hydrogen-bond donors (Lipinski definition) is 1. The average Bonchev–Trinajstić information content (AvgIpc) is 3.30. The van der Waals surface area contributed by atoms with Gasteiger partial charge in [0, 0.05) is 18.2 Å². The van der Waals surface area contributed by atoms with E-state index in [1.165, 1.54) is 34.9 Å². The molecule has 164 valence electrons. The maximum atomic E-state index is 12.5. The molecule has 0 radical (unpaired) electrons. The molecule has 0 spiro atoms. The summed E-state index contributed by atoms with van der Waals surface area (Å²) in [6.07, 6.45) is 4.25. The van der Waals surface area contributed by atoms with Crippen molar-refractivity contribution in [2.45, 2.75) is 38.8 Å². The van der Waals surface area contributed by atoms with Crippen LogP contribution in [0.1, 0.15) is 30.0 Å². The summed E-state index contributed by atoms with van der Waals surface area (Å²) in [6.45, 7) is 2.93. The molecule has 5 rings (SSSR count). The number of nitrogens with one attached hydrogen (secondary N) is 1. The van der Waals surface area contributed by atoms with Crippen molar-refractivity contribution < 1.29 is 14.3 Å². The number of anilines is 1. The molecule has 7 nitrogen and oxygen atoms in total. The van der Waals surface area contributed by atoms with Gasteiger partial charge in [-0.05, 0) is 48.1 Å². The van der Waals surface area contributed by atoms with Crippen LogP contribution in [0.4, 0.5) is 10.5 Å². The summed E-state index contributed by atoms with van der Waals surface area (Å²) >= 11 is 0. The lowest BCUT2D eigenvalue weighted by atomic mass is 10.0. The third-order valence-corrected chi connectivity index (χ3v) is 6.09. The minimum Gasteiger partial charge on any atom is -0.442 e. The van der Waals surface area contributed by atoms with Crippen molar-refractivity contribution >= 4 is 17.7 Å². The predicted octanol–water partition coefficient (Wildman–Crippen LogP) is 3.55. The van der Waals surface area contributed by atoms with Gasteiger partial charge in [-0.2, -0.15) is 5.10 Å². The predicted molar refractivity (Wildman–Crippen MR) is 122 cm³/mol. The molecule has 1 saturated heterocycles. The Balaban J connectivity index is 1.43. The van der Waals surface area contributed by atoms with E-state index in [0.29, 0.717) is 13.1 Å². The maximum Gasteiger partial charge on any atom is 0.414 e. The number of amides is 2. The number of nitrogens with zero attached hydrogens (tertiary/aromatic N) is 3. The molecule has 1 aromatic heterocycles. The standard InChI is InChI=1S/C25H26N4O3/c1-17(30)26-14-22-16-28(25(31)32-22)21-10-11-23-19(12-21)8-5-9-20-13-27-29(24(20)23)15-18-6-3-2-4-7-18/h2-4,6-7,10-13,22H,5,8-9,14-16H2,1H3,(H,26,30). The summed E-state index contributed by atoms with van der Waals surface area (Å²) in [4.78, 5) is 25.3. The van der Waals surface area contributed by atoms with Crippen LogP contribution in [0.25, 0.3) is 11.3 Å². The van der Waals surface area contributed by atoms with E-state index >= 15 is 0 Å².